The molecule has 1 aliphatic heterocycles. The summed E-state index contributed by atoms with van der Waals surface area (Å²) in [5.74, 6) is 5.38. The van der Waals surface area contributed by atoms with Crippen molar-refractivity contribution in [3.63, 3.8) is 0 Å². The van der Waals surface area contributed by atoms with E-state index in [0.717, 1.165) is 0 Å². The van der Waals surface area contributed by atoms with Crippen molar-refractivity contribution in [2.24, 2.45) is 5.92 Å². The third-order valence-corrected chi connectivity index (χ3v) is 7.41. The molecule has 0 spiro atoms. The number of rotatable bonds is 5. The highest BCUT2D eigenvalue weighted by atomic mass is 32.2. The number of carbonyl (C=O) groups is 1. The molecular weight excluding hydrogens is 458 g/mol. The monoisotopic (exact) mass is 495 g/mol. The van der Waals surface area contributed by atoms with Gasteiger partial charge in [-0.05, 0) is 52.8 Å². The SMILES string of the molecule is CC(C)NC(=O)N(C)C[C@H]1Oc2cc(C#CC(C)(C)O)ccc2S(=O)(=O)N([C@H](C)CO)C[C@H]1C. The van der Waals surface area contributed by atoms with E-state index < -0.39 is 27.8 Å². The molecule has 2 rings (SSSR count). The zero-order valence-electron chi connectivity index (χ0n) is 21.0. The van der Waals surface area contributed by atoms with Crippen LogP contribution in [0.25, 0.3) is 0 Å². The maximum atomic E-state index is 13.5. The number of nitrogens with one attached hydrogen (secondary N) is 1. The topological polar surface area (TPSA) is 119 Å². The highest BCUT2D eigenvalue weighted by molar-refractivity contribution is 7.89. The molecular formula is C24H37N3O6S. The molecule has 9 nitrogen and oxygen atoms in total. The Labute approximate surface area is 203 Å². The second-order valence-corrected chi connectivity index (χ2v) is 11.6. The lowest BCUT2D eigenvalue weighted by Gasteiger charge is -2.37. The average molecular weight is 496 g/mol. The van der Waals surface area contributed by atoms with Crippen LogP contribution in [0.3, 0.4) is 0 Å². The van der Waals surface area contributed by atoms with E-state index >= 15 is 0 Å². The normalized spacial score (nSPS) is 21.2. The van der Waals surface area contributed by atoms with Gasteiger partial charge < -0.3 is 25.2 Å². The number of hydrogen-bond acceptors (Lipinski definition) is 6. The number of nitrogens with zero attached hydrogens (tertiary/aromatic N) is 2. The lowest BCUT2D eigenvalue weighted by molar-refractivity contribution is 0.0809. The van der Waals surface area contributed by atoms with Crippen molar-refractivity contribution < 1.29 is 28.2 Å². The van der Waals surface area contributed by atoms with Crippen molar-refractivity contribution in [1.82, 2.24) is 14.5 Å². The van der Waals surface area contributed by atoms with Crippen molar-refractivity contribution in [3.8, 4) is 17.6 Å². The Morgan fingerprint density at radius 2 is 2.00 bits per heavy atom. The molecule has 3 N–H and O–H groups in total. The Morgan fingerprint density at radius 1 is 1.35 bits per heavy atom. The third-order valence-electron chi connectivity index (χ3n) is 5.39. The molecule has 0 radical (unpaired) electrons. The molecule has 10 heteroatoms. The molecule has 34 heavy (non-hydrogen) atoms. The molecule has 1 heterocycles. The smallest absolute Gasteiger partial charge is 0.317 e. The first-order valence-electron chi connectivity index (χ1n) is 11.4. The Hall–Kier alpha value is -2.32. The van der Waals surface area contributed by atoms with Crippen LogP contribution in [-0.4, -0.2) is 84.4 Å². The Bertz CT molecular complexity index is 1040. The van der Waals surface area contributed by atoms with Gasteiger partial charge in [0.05, 0.1) is 13.2 Å². The van der Waals surface area contributed by atoms with Crippen LogP contribution in [0.4, 0.5) is 4.79 Å². The quantitative estimate of drug-likeness (QED) is 0.534. The van der Waals surface area contributed by atoms with Crippen molar-refractivity contribution in [1.29, 1.82) is 0 Å². The number of amides is 2. The number of urea groups is 1. The van der Waals surface area contributed by atoms with E-state index in [2.05, 4.69) is 17.2 Å². The van der Waals surface area contributed by atoms with Gasteiger partial charge in [-0.3, -0.25) is 0 Å². The Balaban J connectivity index is 2.55. The van der Waals surface area contributed by atoms with Gasteiger partial charge in [-0.1, -0.05) is 18.8 Å². The molecule has 0 saturated carbocycles. The number of benzene rings is 1. The molecule has 3 atom stereocenters. The van der Waals surface area contributed by atoms with E-state index in [-0.39, 0.29) is 48.3 Å². The molecule has 0 saturated heterocycles. The van der Waals surface area contributed by atoms with Crippen LogP contribution in [0, 0.1) is 17.8 Å². The maximum Gasteiger partial charge on any atom is 0.317 e. The summed E-state index contributed by atoms with van der Waals surface area (Å²) in [6, 6.07) is 3.59. The highest BCUT2D eigenvalue weighted by Gasteiger charge is 2.38. The summed E-state index contributed by atoms with van der Waals surface area (Å²) in [6.45, 7) is 10.4. The summed E-state index contributed by atoms with van der Waals surface area (Å²) < 4.78 is 34.5. The first-order valence-corrected chi connectivity index (χ1v) is 12.8. The summed E-state index contributed by atoms with van der Waals surface area (Å²) in [6.07, 6.45) is -0.525. The van der Waals surface area contributed by atoms with Crippen LogP contribution in [0.1, 0.15) is 47.1 Å². The molecule has 2 amide bonds. The number of carbonyl (C=O) groups excluding carboxylic acids is 1. The largest absolute Gasteiger partial charge is 0.487 e. The number of fused-ring (bicyclic) bond motifs is 1. The lowest BCUT2D eigenvalue weighted by atomic mass is 10.0. The molecule has 0 fully saturated rings. The Morgan fingerprint density at radius 3 is 2.56 bits per heavy atom. The molecule has 0 aromatic heterocycles. The van der Waals surface area contributed by atoms with Gasteiger partial charge in [-0.15, -0.1) is 0 Å². The number of aliphatic hydroxyl groups excluding tert-OH is 1. The molecule has 1 aromatic carbocycles. The van der Waals surface area contributed by atoms with E-state index in [0.29, 0.717) is 5.56 Å². The van der Waals surface area contributed by atoms with Crippen LogP contribution < -0.4 is 10.1 Å². The number of sulfonamides is 1. The fourth-order valence-corrected chi connectivity index (χ4v) is 5.28. The van der Waals surface area contributed by atoms with Crippen LogP contribution in [0.5, 0.6) is 5.75 Å². The summed E-state index contributed by atoms with van der Waals surface area (Å²) in [5.41, 5.74) is -0.732. The molecule has 0 aliphatic carbocycles. The highest BCUT2D eigenvalue weighted by Crippen LogP contribution is 2.34. The maximum absolute atomic E-state index is 13.5. The second-order valence-electron chi connectivity index (χ2n) is 9.70. The zero-order valence-corrected chi connectivity index (χ0v) is 21.8. The summed E-state index contributed by atoms with van der Waals surface area (Å²) in [7, 11) is -2.32. The third kappa shape index (κ3) is 7.09. The van der Waals surface area contributed by atoms with Crippen molar-refractivity contribution in [2.75, 3.05) is 26.7 Å². The molecule has 0 bridgehead atoms. The van der Waals surface area contributed by atoms with E-state index in [1.807, 2.05) is 20.8 Å². The zero-order chi connectivity index (χ0) is 25.8. The van der Waals surface area contributed by atoms with E-state index in [9.17, 15) is 23.4 Å². The summed E-state index contributed by atoms with van der Waals surface area (Å²) in [5, 5.41) is 22.5. The fourth-order valence-electron chi connectivity index (χ4n) is 3.46. The standard InChI is InChI=1S/C24H37N3O6S/c1-16(2)25-23(29)26(7)14-21-17(3)13-27(18(4)15-28)34(31,32)22-9-8-19(12-20(22)33-21)10-11-24(5,6)30/h8-9,12,16-18,21,28,30H,13-15H2,1-7H3,(H,25,29)/t17-,18-,21-/m1/s1. The molecule has 190 valence electrons. The fraction of sp³-hybridized carbons (Fsp3) is 0.625. The number of ether oxygens (including phenoxy) is 1. The van der Waals surface area contributed by atoms with Gasteiger partial charge in [-0.25, -0.2) is 13.2 Å². The van der Waals surface area contributed by atoms with Gasteiger partial charge >= 0.3 is 6.03 Å². The van der Waals surface area contributed by atoms with E-state index in [4.69, 9.17) is 4.74 Å². The van der Waals surface area contributed by atoms with Gasteiger partial charge in [0.1, 0.15) is 22.4 Å². The van der Waals surface area contributed by atoms with Crippen LogP contribution in [0.15, 0.2) is 23.1 Å². The van der Waals surface area contributed by atoms with Crippen LogP contribution >= 0.6 is 0 Å². The van der Waals surface area contributed by atoms with Crippen LogP contribution in [0.2, 0.25) is 0 Å². The minimum atomic E-state index is -3.97. The van der Waals surface area contributed by atoms with E-state index in [1.165, 1.54) is 21.3 Å². The van der Waals surface area contributed by atoms with Gasteiger partial charge in [0.2, 0.25) is 10.0 Å². The van der Waals surface area contributed by atoms with Gasteiger partial charge in [0.25, 0.3) is 0 Å². The first kappa shape index (κ1) is 27.9. The number of hydrogen-bond donors (Lipinski definition) is 3. The van der Waals surface area contributed by atoms with Crippen LogP contribution in [-0.2, 0) is 10.0 Å². The van der Waals surface area contributed by atoms with Gasteiger partial charge in [0.15, 0.2) is 0 Å². The summed E-state index contributed by atoms with van der Waals surface area (Å²) >= 11 is 0. The molecule has 0 unspecified atom stereocenters. The second kappa shape index (κ2) is 11.0. The minimum absolute atomic E-state index is 0.0331. The minimum Gasteiger partial charge on any atom is -0.487 e. The van der Waals surface area contributed by atoms with Crippen molar-refractivity contribution >= 4 is 16.1 Å². The van der Waals surface area contributed by atoms with Crippen molar-refractivity contribution in [2.45, 2.75) is 70.2 Å². The van der Waals surface area contributed by atoms with Crippen molar-refractivity contribution in [3.05, 3.63) is 23.8 Å². The van der Waals surface area contributed by atoms with Gasteiger partial charge in [-0.2, -0.15) is 4.31 Å². The number of likely N-dealkylation sites (N-methyl/N-ethyl adjacent to an activating group) is 1. The average Bonchev–Trinajstić information content (AvgIpc) is 2.73. The lowest BCUT2D eigenvalue weighted by Crippen LogP contribution is -2.51. The number of aliphatic hydroxyl groups is 2. The van der Waals surface area contributed by atoms with Gasteiger partial charge in [0, 0.05) is 37.2 Å². The summed E-state index contributed by atoms with van der Waals surface area (Å²) in [4.78, 5) is 13.9. The molecule has 1 aliphatic rings. The predicted molar refractivity (Wildman–Crippen MR) is 130 cm³/mol. The predicted octanol–water partition coefficient (Wildman–Crippen LogP) is 1.63. The molecule has 1 aromatic rings. The van der Waals surface area contributed by atoms with E-state index in [1.54, 1.807) is 33.9 Å². The Kier molecular flexibility index (Phi) is 8.99. The first-order chi connectivity index (χ1) is 15.7.